The van der Waals surface area contributed by atoms with E-state index in [2.05, 4.69) is 30.0 Å². The van der Waals surface area contributed by atoms with Crippen LogP contribution in [0, 0.1) is 5.13 Å². The highest BCUT2D eigenvalue weighted by atomic mass is 32.1. The molecule has 0 radical (unpaired) electrons. The van der Waals surface area contributed by atoms with E-state index in [0.29, 0.717) is 34.8 Å². The lowest BCUT2D eigenvalue weighted by Crippen LogP contribution is -2.25. The zero-order valence-electron chi connectivity index (χ0n) is 20.3. The number of hydrogen-bond acceptors (Lipinski definition) is 8. The van der Waals surface area contributed by atoms with Crippen molar-refractivity contribution in [2.45, 2.75) is 12.8 Å². The molecule has 0 amide bonds. The molecule has 6 aromatic heterocycles. The lowest BCUT2D eigenvalue weighted by molar-refractivity contribution is 0.237. The minimum absolute atomic E-state index is 0.244. The van der Waals surface area contributed by atoms with Gasteiger partial charge in [0.2, 0.25) is 0 Å². The van der Waals surface area contributed by atoms with Gasteiger partial charge in [0.25, 0.3) is 0 Å². The second-order valence-electron chi connectivity index (χ2n) is 9.22. The molecule has 11 heteroatoms. The van der Waals surface area contributed by atoms with Crippen molar-refractivity contribution >= 4 is 33.5 Å². The van der Waals surface area contributed by atoms with Crippen LogP contribution in [-0.2, 0) is 0 Å². The van der Waals surface area contributed by atoms with Crippen LogP contribution in [0.2, 0.25) is 0 Å². The van der Waals surface area contributed by atoms with Gasteiger partial charge in [-0.3, -0.25) is 15.0 Å². The topological polar surface area (TPSA) is 108 Å². The molecular formula is C27H23FN8OS. The predicted molar refractivity (Wildman–Crippen MR) is 144 cm³/mol. The summed E-state index contributed by atoms with van der Waals surface area (Å²) >= 11 is 1.08. The average Bonchev–Trinajstić information content (AvgIpc) is 3.74. The number of halogens is 1. The van der Waals surface area contributed by atoms with Crippen LogP contribution in [-0.4, -0.2) is 66.3 Å². The van der Waals surface area contributed by atoms with Gasteiger partial charge in [0.1, 0.15) is 23.4 Å². The van der Waals surface area contributed by atoms with E-state index in [4.69, 9.17) is 14.7 Å². The number of aromatic amines is 2. The number of nitrogens with one attached hydrogen (secondary N) is 2. The first-order valence-electron chi connectivity index (χ1n) is 12.5. The minimum atomic E-state index is -0.244. The molecule has 0 saturated carbocycles. The van der Waals surface area contributed by atoms with E-state index < -0.39 is 0 Å². The maximum absolute atomic E-state index is 13.7. The van der Waals surface area contributed by atoms with Crippen molar-refractivity contribution in [1.82, 2.24) is 40.0 Å². The van der Waals surface area contributed by atoms with Gasteiger partial charge >= 0.3 is 0 Å². The monoisotopic (exact) mass is 526 g/mol. The summed E-state index contributed by atoms with van der Waals surface area (Å²) in [7, 11) is 0. The molecule has 9 nitrogen and oxygen atoms in total. The molecule has 0 bridgehead atoms. The normalized spacial score (nSPS) is 14.1. The van der Waals surface area contributed by atoms with E-state index in [9.17, 15) is 4.39 Å². The molecule has 0 atom stereocenters. The van der Waals surface area contributed by atoms with Gasteiger partial charge in [-0.1, -0.05) is 0 Å². The third kappa shape index (κ3) is 4.29. The Kier molecular flexibility index (Phi) is 5.78. The number of aromatic nitrogens is 7. The predicted octanol–water partition coefficient (Wildman–Crippen LogP) is 5.30. The number of hydrogen-bond donors (Lipinski definition) is 2. The maximum atomic E-state index is 13.7. The Morgan fingerprint density at radius 1 is 1.03 bits per heavy atom. The molecule has 38 heavy (non-hydrogen) atoms. The van der Waals surface area contributed by atoms with E-state index in [-0.39, 0.29) is 5.13 Å². The third-order valence-electron chi connectivity index (χ3n) is 6.74. The van der Waals surface area contributed by atoms with Crippen molar-refractivity contribution in [3.05, 3.63) is 60.1 Å². The highest BCUT2D eigenvalue weighted by molar-refractivity contribution is 7.14. The van der Waals surface area contributed by atoms with Gasteiger partial charge in [0, 0.05) is 34.9 Å². The summed E-state index contributed by atoms with van der Waals surface area (Å²) < 4.78 is 19.7. The van der Waals surface area contributed by atoms with Gasteiger partial charge in [-0.05, 0) is 62.3 Å². The van der Waals surface area contributed by atoms with Crippen molar-refractivity contribution < 1.29 is 9.13 Å². The van der Waals surface area contributed by atoms with Crippen LogP contribution in [0.25, 0.3) is 55.4 Å². The van der Waals surface area contributed by atoms with Gasteiger partial charge in [-0.15, -0.1) is 11.3 Å². The van der Waals surface area contributed by atoms with E-state index in [1.807, 2.05) is 24.3 Å². The number of rotatable bonds is 7. The van der Waals surface area contributed by atoms with E-state index in [1.54, 1.807) is 24.7 Å². The van der Waals surface area contributed by atoms with Gasteiger partial charge in [0.15, 0.2) is 22.3 Å². The van der Waals surface area contributed by atoms with Crippen LogP contribution in [0.1, 0.15) is 12.8 Å². The second kappa shape index (κ2) is 9.58. The van der Waals surface area contributed by atoms with Crippen molar-refractivity contribution in [3.8, 4) is 39.0 Å². The molecule has 2 N–H and O–H groups in total. The number of fused-ring (bicyclic) bond motifs is 2. The molecule has 1 saturated heterocycles. The van der Waals surface area contributed by atoms with Gasteiger partial charge in [0.05, 0.1) is 17.4 Å². The fraction of sp³-hybridized carbons (Fsp3) is 0.222. The molecule has 1 aliphatic heterocycles. The average molecular weight is 527 g/mol. The summed E-state index contributed by atoms with van der Waals surface area (Å²) in [5.41, 5.74) is 5.70. The molecule has 7 rings (SSSR count). The summed E-state index contributed by atoms with van der Waals surface area (Å²) in [6, 6.07) is 10.9. The van der Waals surface area contributed by atoms with Gasteiger partial charge < -0.3 is 9.72 Å². The molecule has 6 aromatic rings. The summed E-state index contributed by atoms with van der Waals surface area (Å²) in [4.78, 5) is 24.9. The van der Waals surface area contributed by atoms with Crippen LogP contribution in [0.3, 0.4) is 0 Å². The minimum Gasteiger partial charge on any atom is -0.491 e. The number of H-pyrrole nitrogens is 2. The lowest BCUT2D eigenvalue weighted by Gasteiger charge is -2.15. The standard InChI is InChI=1S/C27H23FN8OS/c28-22-6-5-21(38-22)18-7-8-30-26-23(18)32-27(33-26)25-24-20(34-35-25)4-3-19(31-24)16-13-17(15-29-14-16)37-12-11-36-9-1-2-10-36/h3-8,13-15H,1-2,9-12H2,(H,34,35)(H,30,32,33). The van der Waals surface area contributed by atoms with Gasteiger partial charge in [-0.25, -0.2) is 15.0 Å². The summed E-state index contributed by atoms with van der Waals surface area (Å²) in [5.74, 6) is 1.25. The first kappa shape index (κ1) is 22.9. The van der Waals surface area contributed by atoms with E-state index >= 15 is 0 Å². The molecule has 1 aliphatic rings. The molecule has 0 unspecified atom stereocenters. The first-order valence-corrected chi connectivity index (χ1v) is 13.3. The Morgan fingerprint density at radius 2 is 1.95 bits per heavy atom. The van der Waals surface area contributed by atoms with Crippen LogP contribution >= 0.6 is 11.3 Å². The second-order valence-corrected chi connectivity index (χ2v) is 10.3. The fourth-order valence-electron chi connectivity index (χ4n) is 4.84. The zero-order chi connectivity index (χ0) is 25.5. The van der Waals surface area contributed by atoms with Crippen molar-refractivity contribution in [3.63, 3.8) is 0 Å². The smallest absolute Gasteiger partial charge is 0.176 e. The number of likely N-dealkylation sites (tertiary alicyclic amines) is 1. The third-order valence-corrected chi connectivity index (χ3v) is 7.65. The maximum Gasteiger partial charge on any atom is 0.176 e. The summed E-state index contributed by atoms with van der Waals surface area (Å²) in [6.07, 6.45) is 7.72. The fourth-order valence-corrected chi connectivity index (χ4v) is 5.60. The highest BCUT2D eigenvalue weighted by Crippen LogP contribution is 2.34. The Hall–Kier alpha value is -4.22. The van der Waals surface area contributed by atoms with Gasteiger partial charge in [-0.2, -0.15) is 9.49 Å². The molecular weight excluding hydrogens is 503 g/mol. The largest absolute Gasteiger partial charge is 0.491 e. The Bertz CT molecular complexity index is 1750. The quantitative estimate of drug-likeness (QED) is 0.291. The van der Waals surface area contributed by atoms with Crippen LogP contribution < -0.4 is 4.74 Å². The number of nitrogens with zero attached hydrogens (tertiary/aromatic N) is 6. The first-order chi connectivity index (χ1) is 18.7. The molecule has 1 fully saturated rings. The van der Waals surface area contributed by atoms with Crippen molar-refractivity contribution in [2.75, 3.05) is 26.2 Å². The summed E-state index contributed by atoms with van der Waals surface area (Å²) in [6.45, 7) is 3.84. The molecule has 0 aromatic carbocycles. The van der Waals surface area contributed by atoms with Crippen molar-refractivity contribution in [1.29, 1.82) is 0 Å². The Balaban J connectivity index is 1.20. The Labute approximate surface area is 220 Å². The molecule has 0 aliphatic carbocycles. The summed E-state index contributed by atoms with van der Waals surface area (Å²) in [5, 5.41) is 7.28. The Morgan fingerprint density at radius 3 is 2.82 bits per heavy atom. The van der Waals surface area contributed by atoms with Crippen molar-refractivity contribution in [2.24, 2.45) is 0 Å². The van der Waals surface area contributed by atoms with E-state index in [0.717, 1.165) is 63.9 Å². The number of thiophene rings is 1. The SMILES string of the molecule is Fc1ccc(-c2ccnc3[nH]c(-c4n[nH]c5ccc(-c6cncc(OCCN7CCCC7)c6)nc45)nc23)s1. The van der Waals surface area contributed by atoms with E-state index in [1.165, 1.54) is 18.9 Å². The lowest BCUT2D eigenvalue weighted by atomic mass is 10.1. The molecule has 190 valence electrons. The zero-order valence-corrected chi connectivity index (χ0v) is 21.1. The van der Waals surface area contributed by atoms with Crippen LogP contribution in [0.5, 0.6) is 5.75 Å². The number of ether oxygens (including phenoxy) is 1. The molecule has 0 spiro atoms. The highest BCUT2D eigenvalue weighted by Gasteiger charge is 2.18. The number of pyridine rings is 3. The molecule has 7 heterocycles. The van der Waals surface area contributed by atoms with Crippen LogP contribution in [0.15, 0.2) is 55.0 Å². The number of imidazole rings is 1. The van der Waals surface area contributed by atoms with Crippen LogP contribution in [0.4, 0.5) is 4.39 Å².